The molecule has 9 nitrogen and oxygen atoms in total. The Morgan fingerprint density at radius 2 is 1.86 bits per heavy atom. The zero-order valence-corrected chi connectivity index (χ0v) is 19.8. The van der Waals surface area contributed by atoms with Crippen molar-refractivity contribution in [1.29, 1.82) is 0 Å². The minimum absolute atomic E-state index is 0.0663. The number of imidazole rings is 1. The number of hydrogen-bond acceptors (Lipinski definition) is 6. The normalized spacial score (nSPS) is 11.2. The lowest BCUT2D eigenvalue weighted by atomic mass is 10.1. The van der Waals surface area contributed by atoms with Crippen LogP contribution >= 0.6 is 11.3 Å². The van der Waals surface area contributed by atoms with Crippen molar-refractivity contribution in [2.75, 3.05) is 7.11 Å². The molecule has 0 saturated heterocycles. The number of carboxylic acid groups (broad SMARTS) is 1. The van der Waals surface area contributed by atoms with Gasteiger partial charge in [0.05, 0.1) is 41.5 Å². The van der Waals surface area contributed by atoms with Crippen molar-refractivity contribution in [3.8, 4) is 27.6 Å². The van der Waals surface area contributed by atoms with Crippen LogP contribution in [0.1, 0.15) is 21.6 Å². The van der Waals surface area contributed by atoms with Gasteiger partial charge in [0.25, 0.3) is 5.56 Å². The summed E-state index contributed by atoms with van der Waals surface area (Å²) in [6.07, 6.45) is 3.62. The highest BCUT2D eigenvalue weighted by atomic mass is 32.1. The molecule has 0 bridgehead atoms. The summed E-state index contributed by atoms with van der Waals surface area (Å²) >= 11 is 1.32. The van der Waals surface area contributed by atoms with Gasteiger partial charge in [-0.2, -0.15) is 0 Å². The first-order chi connectivity index (χ1) is 16.8. The van der Waals surface area contributed by atoms with Crippen LogP contribution < -0.4 is 16.0 Å². The monoisotopic (exact) mass is 488 g/mol. The largest absolute Gasteiger partial charge is 0.495 e. The Bertz CT molecular complexity index is 1720. The van der Waals surface area contributed by atoms with Crippen molar-refractivity contribution in [2.45, 2.75) is 13.8 Å². The molecule has 0 saturated carbocycles. The van der Waals surface area contributed by atoms with E-state index in [0.29, 0.717) is 16.0 Å². The smallest absolute Gasteiger partial charge is 0.335 e. The van der Waals surface area contributed by atoms with Crippen LogP contribution in [0.3, 0.4) is 0 Å². The Labute approximate surface area is 202 Å². The summed E-state index contributed by atoms with van der Waals surface area (Å²) in [6.45, 7) is 3.75. The van der Waals surface area contributed by atoms with E-state index in [9.17, 15) is 14.4 Å². The predicted molar refractivity (Wildman–Crippen MR) is 134 cm³/mol. The number of aryl methyl sites for hydroxylation is 2. The number of nitrogens with zero attached hydrogens (tertiary/aromatic N) is 3. The molecule has 176 valence electrons. The number of rotatable bonds is 5. The fourth-order valence-electron chi connectivity index (χ4n) is 4.06. The van der Waals surface area contributed by atoms with Crippen molar-refractivity contribution in [2.24, 2.45) is 0 Å². The fraction of sp³-hybridized carbons (Fsp3) is 0.120. The lowest BCUT2D eigenvalue weighted by molar-refractivity contribution is 0.0697. The van der Waals surface area contributed by atoms with E-state index in [4.69, 9.17) is 9.84 Å². The van der Waals surface area contributed by atoms with Crippen molar-refractivity contribution in [3.63, 3.8) is 0 Å². The first kappa shape index (κ1) is 22.4. The molecule has 0 radical (unpaired) electrons. The number of hydrogen-bond donors (Lipinski definition) is 2. The number of benzene rings is 2. The molecule has 10 heteroatoms. The van der Waals surface area contributed by atoms with E-state index >= 15 is 0 Å². The minimum atomic E-state index is -1.09. The number of carbonyl (C=O) groups is 1. The van der Waals surface area contributed by atoms with Gasteiger partial charge < -0.3 is 14.4 Å². The molecule has 2 N–H and O–H groups in total. The van der Waals surface area contributed by atoms with Gasteiger partial charge in [0.2, 0.25) is 0 Å². The number of carboxylic acids is 1. The lowest BCUT2D eigenvalue weighted by Gasteiger charge is -2.11. The summed E-state index contributed by atoms with van der Waals surface area (Å²) in [5, 5.41) is 9.52. The number of aromatic carboxylic acids is 1. The first-order valence-corrected chi connectivity index (χ1v) is 11.4. The topological polar surface area (TPSA) is 119 Å². The van der Waals surface area contributed by atoms with Crippen molar-refractivity contribution in [1.82, 2.24) is 19.1 Å². The van der Waals surface area contributed by atoms with Gasteiger partial charge in [-0.05, 0) is 61.4 Å². The van der Waals surface area contributed by atoms with Crippen LogP contribution in [-0.2, 0) is 0 Å². The van der Waals surface area contributed by atoms with Crippen molar-refractivity contribution < 1.29 is 14.6 Å². The SMILES string of the molecule is COc1cc(-c2sc3[nH]c(=O)n(-c4ccc(C(=O)O)cc4)c(=O)c3c2C)ccc1-n1cnc(C)c1. The molecule has 0 fully saturated rings. The van der Waals surface area contributed by atoms with E-state index in [2.05, 4.69) is 9.97 Å². The summed E-state index contributed by atoms with van der Waals surface area (Å²) in [5.41, 5.74) is 2.58. The highest BCUT2D eigenvalue weighted by Crippen LogP contribution is 2.38. The number of H-pyrrole nitrogens is 1. The van der Waals surface area contributed by atoms with Crippen LogP contribution in [0.2, 0.25) is 0 Å². The maximum Gasteiger partial charge on any atom is 0.335 e. The zero-order chi connectivity index (χ0) is 24.9. The molecule has 5 aromatic rings. The molecule has 35 heavy (non-hydrogen) atoms. The Balaban J connectivity index is 1.65. The molecule has 2 aromatic carbocycles. The molecule has 0 aliphatic rings. The van der Waals surface area contributed by atoms with Crippen molar-refractivity contribution in [3.05, 3.63) is 92.6 Å². The molecule has 5 rings (SSSR count). The maximum absolute atomic E-state index is 13.4. The third-order valence-corrected chi connectivity index (χ3v) is 7.05. The third-order valence-electron chi connectivity index (χ3n) is 5.79. The van der Waals surface area contributed by atoms with Gasteiger partial charge in [-0.1, -0.05) is 6.07 Å². The van der Waals surface area contributed by atoms with E-state index in [1.807, 2.05) is 42.8 Å². The van der Waals surface area contributed by atoms with E-state index in [-0.39, 0.29) is 11.3 Å². The Morgan fingerprint density at radius 1 is 1.11 bits per heavy atom. The van der Waals surface area contributed by atoms with Crippen LogP contribution in [-0.4, -0.2) is 37.3 Å². The number of thiophene rings is 1. The summed E-state index contributed by atoms with van der Waals surface area (Å²) in [5.74, 6) is -0.447. The molecule has 3 heterocycles. The van der Waals surface area contributed by atoms with Crippen LogP contribution in [0.4, 0.5) is 0 Å². The molecule has 0 atom stereocenters. The number of fused-ring (bicyclic) bond motifs is 1. The number of ether oxygens (including phenoxy) is 1. The molecule has 0 aliphatic carbocycles. The molecular formula is C25H20N4O5S. The molecule has 3 aromatic heterocycles. The number of methoxy groups -OCH3 is 1. The Hall–Kier alpha value is -4.44. The summed E-state index contributed by atoms with van der Waals surface area (Å²) < 4.78 is 8.51. The fourth-order valence-corrected chi connectivity index (χ4v) is 5.25. The van der Waals surface area contributed by atoms with Crippen LogP contribution in [0, 0.1) is 13.8 Å². The number of aromatic nitrogens is 4. The zero-order valence-electron chi connectivity index (χ0n) is 19.0. The lowest BCUT2D eigenvalue weighted by Crippen LogP contribution is -2.33. The van der Waals surface area contributed by atoms with Gasteiger partial charge >= 0.3 is 11.7 Å². The number of nitrogens with one attached hydrogen (secondary N) is 1. The number of aromatic amines is 1. The second-order valence-corrected chi connectivity index (χ2v) is 9.01. The molecule has 0 unspecified atom stereocenters. The standard InChI is InChI=1S/C25H20N4O5S/c1-13-11-28(12-26-13)18-9-6-16(10-19(18)34-3)21-14(2)20-22(35-21)27-25(33)29(23(20)30)17-7-4-15(5-8-17)24(31)32/h4-12H,1-3H3,(H,27,33)(H,31,32). The summed E-state index contributed by atoms with van der Waals surface area (Å²) in [6, 6.07) is 11.3. The minimum Gasteiger partial charge on any atom is -0.495 e. The molecule has 0 amide bonds. The van der Waals surface area contributed by atoms with E-state index in [1.165, 1.54) is 35.6 Å². The van der Waals surface area contributed by atoms with Gasteiger partial charge in [0.1, 0.15) is 10.6 Å². The van der Waals surface area contributed by atoms with Crippen molar-refractivity contribution >= 4 is 27.5 Å². The van der Waals surface area contributed by atoms with Gasteiger partial charge in [-0.15, -0.1) is 11.3 Å². The third kappa shape index (κ3) is 3.73. The predicted octanol–water partition coefficient (Wildman–Crippen LogP) is 3.92. The molecule has 0 spiro atoms. The molecule has 0 aliphatic heterocycles. The summed E-state index contributed by atoms with van der Waals surface area (Å²) in [4.78, 5) is 45.7. The quantitative estimate of drug-likeness (QED) is 0.387. The van der Waals surface area contributed by atoms with Crippen LogP contribution in [0.25, 0.3) is 32.0 Å². The van der Waals surface area contributed by atoms with E-state index in [0.717, 1.165) is 32.0 Å². The highest BCUT2D eigenvalue weighted by molar-refractivity contribution is 7.22. The highest BCUT2D eigenvalue weighted by Gasteiger charge is 2.19. The van der Waals surface area contributed by atoms with Crippen LogP contribution in [0.5, 0.6) is 5.75 Å². The summed E-state index contributed by atoms with van der Waals surface area (Å²) in [7, 11) is 1.59. The van der Waals surface area contributed by atoms with E-state index in [1.54, 1.807) is 13.4 Å². The first-order valence-electron chi connectivity index (χ1n) is 10.6. The maximum atomic E-state index is 13.4. The van der Waals surface area contributed by atoms with Gasteiger partial charge in [-0.25, -0.2) is 19.1 Å². The van der Waals surface area contributed by atoms with Gasteiger partial charge in [-0.3, -0.25) is 9.78 Å². The molecular weight excluding hydrogens is 468 g/mol. The Morgan fingerprint density at radius 3 is 2.49 bits per heavy atom. The average molecular weight is 489 g/mol. The van der Waals surface area contributed by atoms with Gasteiger partial charge in [0.15, 0.2) is 0 Å². The van der Waals surface area contributed by atoms with Crippen LogP contribution in [0.15, 0.2) is 64.6 Å². The second kappa shape index (κ2) is 8.41. The van der Waals surface area contributed by atoms with Gasteiger partial charge in [0, 0.05) is 11.1 Å². The Kier molecular flexibility index (Phi) is 5.37. The second-order valence-electron chi connectivity index (χ2n) is 7.99. The average Bonchev–Trinajstić information content (AvgIpc) is 3.41. The van der Waals surface area contributed by atoms with E-state index < -0.39 is 17.2 Å².